The number of nitrogens with zero attached hydrogens (tertiary/aromatic N) is 1. The van der Waals surface area contributed by atoms with Crippen LogP contribution < -0.4 is 5.32 Å². The maximum absolute atomic E-state index is 5.94. The Morgan fingerprint density at radius 3 is 2.68 bits per heavy atom. The first-order valence-electron chi connectivity index (χ1n) is 7.33. The Kier molecular flexibility index (Phi) is 6.14. The second-order valence-electron chi connectivity index (χ2n) is 5.88. The minimum Gasteiger partial charge on any atom is -0.314 e. The van der Waals surface area contributed by atoms with E-state index >= 15 is 0 Å². The first-order chi connectivity index (χ1) is 9.13. The molecule has 0 saturated carbocycles. The first-order valence-corrected chi connectivity index (χ1v) is 8.53. The van der Waals surface area contributed by atoms with Gasteiger partial charge in [0.1, 0.15) is 0 Å². The molecule has 19 heavy (non-hydrogen) atoms. The summed E-state index contributed by atoms with van der Waals surface area (Å²) in [4.78, 5) is 3.98. The number of hydrogen-bond donors (Lipinski definition) is 1. The third-order valence-electron chi connectivity index (χ3n) is 3.64. The maximum Gasteiger partial charge on any atom is 0.0931 e. The highest BCUT2D eigenvalue weighted by molar-refractivity contribution is 7.16. The Bertz CT molecular complexity index is 370. The molecule has 4 heteroatoms. The van der Waals surface area contributed by atoms with Gasteiger partial charge in [-0.2, -0.15) is 0 Å². The van der Waals surface area contributed by atoms with E-state index in [-0.39, 0.29) is 0 Å². The molecular weight excluding hydrogens is 276 g/mol. The van der Waals surface area contributed by atoms with Gasteiger partial charge in [-0.15, -0.1) is 11.3 Å². The lowest BCUT2D eigenvalue weighted by molar-refractivity contribution is 0.180. The predicted octanol–water partition coefficient (Wildman–Crippen LogP) is 3.65. The average molecular weight is 301 g/mol. The van der Waals surface area contributed by atoms with Crippen molar-refractivity contribution in [3.63, 3.8) is 0 Å². The van der Waals surface area contributed by atoms with Gasteiger partial charge < -0.3 is 10.2 Å². The molecule has 1 fully saturated rings. The predicted molar refractivity (Wildman–Crippen MR) is 85.3 cm³/mol. The smallest absolute Gasteiger partial charge is 0.0931 e. The summed E-state index contributed by atoms with van der Waals surface area (Å²) in [6.45, 7) is 9.43. The van der Waals surface area contributed by atoms with E-state index in [4.69, 9.17) is 11.6 Å². The SMILES string of the molecule is CC(C)CN1CCC(NCCc2ccc(Cl)s2)CC1. The molecule has 1 aliphatic rings. The van der Waals surface area contributed by atoms with Gasteiger partial charge in [0.25, 0.3) is 0 Å². The molecule has 2 nitrogen and oxygen atoms in total. The quantitative estimate of drug-likeness (QED) is 0.862. The number of thiophene rings is 1. The van der Waals surface area contributed by atoms with Crippen LogP contribution in [-0.4, -0.2) is 37.1 Å². The van der Waals surface area contributed by atoms with Crippen molar-refractivity contribution in [2.75, 3.05) is 26.2 Å². The molecule has 0 radical (unpaired) electrons. The molecule has 0 atom stereocenters. The van der Waals surface area contributed by atoms with Crippen molar-refractivity contribution in [3.05, 3.63) is 21.3 Å². The zero-order valence-electron chi connectivity index (χ0n) is 12.0. The number of halogens is 1. The number of nitrogens with one attached hydrogen (secondary N) is 1. The zero-order chi connectivity index (χ0) is 13.7. The van der Waals surface area contributed by atoms with Crippen molar-refractivity contribution >= 4 is 22.9 Å². The molecule has 1 aromatic rings. The number of likely N-dealkylation sites (tertiary alicyclic amines) is 1. The molecule has 108 valence electrons. The van der Waals surface area contributed by atoms with E-state index in [1.807, 2.05) is 6.07 Å². The van der Waals surface area contributed by atoms with Crippen molar-refractivity contribution in [1.29, 1.82) is 0 Å². The van der Waals surface area contributed by atoms with Crippen LogP contribution in [0.3, 0.4) is 0 Å². The van der Waals surface area contributed by atoms with Gasteiger partial charge in [-0.1, -0.05) is 25.4 Å². The van der Waals surface area contributed by atoms with Crippen LogP contribution in [0, 0.1) is 5.92 Å². The second kappa shape index (κ2) is 7.63. The fourth-order valence-electron chi connectivity index (χ4n) is 2.72. The van der Waals surface area contributed by atoms with Crippen LogP contribution in [0.15, 0.2) is 12.1 Å². The van der Waals surface area contributed by atoms with Crippen LogP contribution in [0.1, 0.15) is 31.6 Å². The van der Waals surface area contributed by atoms with Crippen LogP contribution in [0.2, 0.25) is 4.34 Å². The molecule has 1 aliphatic heterocycles. The van der Waals surface area contributed by atoms with E-state index in [0.29, 0.717) is 6.04 Å². The van der Waals surface area contributed by atoms with Crippen molar-refractivity contribution < 1.29 is 0 Å². The van der Waals surface area contributed by atoms with Crippen LogP contribution >= 0.6 is 22.9 Å². The van der Waals surface area contributed by atoms with Gasteiger partial charge in [0.05, 0.1) is 4.34 Å². The Morgan fingerprint density at radius 1 is 1.37 bits per heavy atom. The number of rotatable bonds is 6. The van der Waals surface area contributed by atoms with E-state index in [2.05, 4.69) is 30.1 Å². The lowest BCUT2D eigenvalue weighted by atomic mass is 10.0. The summed E-state index contributed by atoms with van der Waals surface area (Å²) in [7, 11) is 0. The van der Waals surface area contributed by atoms with Gasteiger partial charge in [-0.05, 0) is 50.4 Å². The molecule has 1 saturated heterocycles. The summed E-state index contributed by atoms with van der Waals surface area (Å²) in [6, 6.07) is 4.84. The molecule has 0 aromatic carbocycles. The van der Waals surface area contributed by atoms with Crippen molar-refractivity contribution in [1.82, 2.24) is 10.2 Å². The van der Waals surface area contributed by atoms with E-state index in [0.717, 1.165) is 23.2 Å². The zero-order valence-corrected chi connectivity index (χ0v) is 13.6. The standard InChI is InChI=1S/C15H25ClN2S/c1-12(2)11-18-9-6-13(7-10-18)17-8-5-14-3-4-15(16)19-14/h3-4,12-13,17H,5-11H2,1-2H3. The molecule has 0 aliphatic carbocycles. The molecule has 2 rings (SSSR count). The molecule has 0 spiro atoms. The van der Waals surface area contributed by atoms with Crippen molar-refractivity contribution in [2.24, 2.45) is 5.92 Å². The molecular formula is C15H25ClN2S. The van der Waals surface area contributed by atoms with Crippen LogP contribution in [0.5, 0.6) is 0 Å². The van der Waals surface area contributed by atoms with Crippen molar-refractivity contribution in [2.45, 2.75) is 39.2 Å². The van der Waals surface area contributed by atoms with Crippen LogP contribution in [-0.2, 0) is 6.42 Å². The fourth-order valence-corrected chi connectivity index (χ4v) is 3.81. The minimum absolute atomic E-state index is 0.707. The molecule has 0 bridgehead atoms. The minimum atomic E-state index is 0.707. The van der Waals surface area contributed by atoms with Gasteiger partial charge in [-0.3, -0.25) is 0 Å². The molecule has 1 N–H and O–H groups in total. The highest BCUT2D eigenvalue weighted by Crippen LogP contribution is 2.21. The molecule has 2 heterocycles. The third-order valence-corrected chi connectivity index (χ3v) is 4.94. The lowest BCUT2D eigenvalue weighted by Crippen LogP contribution is -2.44. The van der Waals surface area contributed by atoms with E-state index in [1.165, 1.54) is 37.4 Å². The summed E-state index contributed by atoms with van der Waals surface area (Å²) in [5.74, 6) is 0.785. The normalized spacial score (nSPS) is 18.3. The van der Waals surface area contributed by atoms with Gasteiger partial charge in [0.2, 0.25) is 0 Å². The maximum atomic E-state index is 5.94. The van der Waals surface area contributed by atoms with Gasteiger partial charge in [-0.25, -0.2) is 0 Å². The monoisotopic (exact) mass is 300 g/mol. The lowest BCUT2D eigenvalue weighted by Gasteiger charge is -2.33. The number of piperidine rings is 1. The average Bonchev–Trinajstić information content (AvgIpc) is 2.77. The van der Waals surface area contributed by atoms with E-state index in [9.17, 15) is 0 Å². The van der Waals surface area contributed by atoms with Crippen LogP contribution in [0.25, 0.3) is 0 Å². The fraction of sp³-hybridized carbons (Fsp3) is 0.733. The van der Waals surface area contributed by atoms with Crippen molar-refractivity contribution in [3.8, 4) is 0 Å². The molecule has 0 amide bonds. The summed E-state index contributed by atoms with van der Waals surface area (Å²) in [6.07, 6.45) is 3.68. The van der Waals surface area contributed by atoms with Gasteiger partial charge in [0, 0.05) is 24.0 Å². The van der Waals surface area contributed by atoms with Crippen LogP contribution in [0.4, 0.5) is 0 Å². The van der Waals surface area contributed by atoms with Gasteiger partial charge in [0.15, 0.2) is 0 Å². The first kappa shape index (κ1) is 15.3. The van der Waals surface area contributed by atoms with E-state index < -0.39 is 0 Å². The van der Waals surface area contributed by atoms with E-state index in [1.54, 1.807) is 11.3 Å². The summed E-state index contributed by atoms with van der Waals surface area (Å²) in [5, 5.41) is 3.69. The summed E-state index contributed by atoms with van der Waals surface area (Å²) < 4.78 is 0.900. The summed E-state index contributed by atoms with van der Waals surface area (Å²) >= 11 is 7.64. The Hall–Kier alpha value is -0.0900. The topological polar surface area (TPSA) is 15.3 Å². The third kappa shape index (κ3) is 5.42. The Balaban J connectivity index is 1.60. The number of hydrogen-bond acceptors (Lipinski definition) is 3. The highest BCUT2D eigenvalue weighted by atomic mass is 35.5. The highest BCUT2D eigenvalue weighted by Gasteiger charge is 2.18. The Morgan fingerprint density at radius 2 is 2.11 bits per heavy atom. The second-order valence-corrected chi connectivity index (χ2v) is 7.68. The molecule has 0 unspecified atom stereocenters. The molecule has 1 aromatic heterocycles. The summed E-state index contributed by atoms with van der Waals surface area (Å²) in [5.41, 5.74) is 0. The van der Waals surface area contributed by atoms with Gasteiger partial charge >= 0.3 is 0 Å². The largest absolute Gasteiger partial charge is 0.314 e. The Labute approximate surface area is 126 Å².